The van der Waals surface area contributed by atoms with Crippen LogP contribution in [0.5, 0.6) is 11.5 Å². The molecule has 0 aliphatic carbocycles. The van der Waals surface area contributed by atoms with Gasteiger partial charge in [0.15, 0.2) is 0 Å². The summed E-state index contributed by atoms with van der Waals surface area (Å²) in [4.78, 5) is 27.3. The molecule has 1 saturated heterocycles. The van der Waals surface area contributed by atoms with E-state index in [0.29, 0.717) is 17.0 Å². The van der Waals surface area contributed by atoms with E-state index in [-0.39, 0.29) is 21.9 Å². The molecule has 1 heterocycles. The molecule has 3 aromatic rings. The number of phenols is 1. The maximum atomic E-state index is 13.4. The molecule has 4 rings (SSSR count). The average Bonchev–Trinajstić information content (AvgIpc) is 3.05. The summed E-state index contributed by atoms with van der Waals surface area (Å²) in [6.07, 6.45) is 0. The second-order valence-corrected chi connectivity index (χ2v) is 7.49. The Morgan fingerprint density at radius 3 is 2.28 bits per heavy atom. The molecule has 0 spiro atoms. The van der Waals surface area contributed by atoms with Crippen molar-refractivity contribution in [3.63, 3.8) is 0 Å². The Hall–Kier alpha value is -3.84. The Kier molecular flexibility index (Phi) is 5.59. The molecule has 8 heteroatoms. The van der Waals surface area contributed by atoms with Crippen LogP contribution < -0.4 is 9.64 Å². The number of aliphatic hydroxyl groups is 1. The Balaban J connectivity index is 1.93. The molecule has 1 aliphatic heterocycles. The van der Waals surface area contributed by atoms with Gasteiger partial charge in [-0.15, -0.1) is 0 Å². The van der Waals surface area contributed by atoms with Crippen molar-refractivity contribution in [2.24, 2.45) is 0 Å². The van der Waals surface area contributed by atoms with Crippen LogP contribution in [0, 0.1) is 5.82 Å². The first-order chi connectivity index (χ1) is 15.3. The quantitative estimate of drug-likeness (QED) is 0.336. The summed E-state index contributed by atoms with van der Waals surface area (Å²) in [6.45, 7) is 0. The van der Waals surface area contributed by atoms with E-state index in [4.69, 9.17) is 16.3 Å². The van der Waals surface area contributed by atoms with Crippen molar-refractivity contribution in [3.05, 3.63) is 94.3 Å². The van der Waals surface area contributed by atoms with Crippen LogP contribution in [0.25, 0.3) is 5.76 Å². The summed E-state index contributed by atoms with van der Waals surface area (Å²) in [6, 6.07) is 14.4. The molecule has 3 aromatic carbocycles. The predicted molar refractivity (Wildman–Crippen MR) is 117 cm³/mol. The fraction of sp³-hybridized carbons (Fsp3) is 0.0833. The van der Waals surface area contributed by atoms with Gasteiger partial charge < -0.3 is 14.9 Å². The number of ether oxygens (including phenoxy) is 1. The van der Waals surface area contributed by atoms with Crippen molar-refractivity contribution in [1.82, 2.24) is 0 Å². The number of aliphatic hydroxyl groups excluding tert-OH is 1. The molecule has 1 fully saturated rings. The number of benzene rings is 3. The smallest absolute Gasteiger partial charge is 0.300 e. The fourth-order valence-corrected chi connectivity index (χ4v) is 3.89. The minimum Gasteiger partial charge on any atom is -0.508 e. The molecule has 6 nitrogen and oxygen atoms in total. The number of hydrogen-bond donors (Lipinski definition) is 2. The first-order valence-electron chi connectivity index (χ1n) is 9.51. The van der Waals surface area contributed by atoms with Gasteiger partial charge in [-0.1, -0.05) is 23.7 Å². The molecule has 0 radical (unpaired) electrons. The van der Waals surface area contributed by atoms with Crippen LogP contribution in [0.4, 0.5) is 10.1 Å². The van der Waals surface area contributed by atoms with Crippen LogP contribution in [0.2, 0.25) is 5.02 Å². The van der Waals surface area contributed by atoms with Crippen molar-refractivity contribution in [2.75, 3.05) is 12.0 Å². The van der Waals surface area contributed by atoms with Crippen molar-refractivity contribution >= 4 is 34.7 Å². The van der Waals surface area contributed by atoms with E-state index in [1.807, 2.05) is 0 Å². The van der Waals surface area contributed by atoms with Crippen LogP contribution in [-0.4, -0.2) is 29.0 Å². The van der Waals surface area contributed by atoms with Gasteiger partial charge >= 0.3 is 0 Å². The largest absolute Gasteiger partial charge is 0.508 e. The minimum absolute atomic E-state index is 0.00303. The summed E-state index contributed by atoms with van der Waals surface area (Å²) in [5.41, 5.74) is 0.798. The van der Waals surface area contributed by atoms with Crippen molar-refractivity contribution in [1.29, 1.82) is 0 Å². The number of Topliss-reactive ketones (excluding diaryl/α,β-unsaturated/α-hetero) is 1. The number of nitrogens with zero attached hydrogens (tertiary/aromatic N) is 1. The number of methoxy groups -OCH3 is 1. The minimum atomic E-state index is -1.01. The van der Waals surface area contributed by atoms with Gasteiger partial charge in [-0.3, -0.25) is 14.5 Å². The first-order valence-corrected chi connectivity index (χ1v) is 9.89. The molecule has 32 heavy (non-hydrogen) atoms. The highest BCUT2D eigenvalue weighted by Crippen LogP contribution is 2.43. The third-order valence-corrected chi connectivity index (χ3v) is 5.48. The number of halogens is 2. The molecule has 0 aromatic heterocycles. The van der Waals surface area contributed by atoms with E-state index >= 15 is 0 Å². The summed E-state index contributed by atoms with van der Waals surface area (Å²) >= 11 is 6.24. The van der Waals surface area contributed by atoms with Gasteiger partial charge in [0.05, 0.1) is 23.7 Å². The van der Waals surface area contributed by atoms with Gasteiger partial charge in [0, 0.05) is 11.3 Å². The van der Waals surface area contributed by atoms with Crippen molar-refractivity contribution < 1.29 is 28.9 Å². The highest BCUT2D eigenvalue weighted by molar-refractivity contribution is 6.51. The Labute approximate surface area is 187 Å². The van der Waals surface area contributed by atoms with E-state index < -0.39 is 29.3 Å². The van der Waals surface area contributed by atoms with E-state index in [9.17, 15) is 24.2 Å². The molecular weight excluding hydrogens is 437 g/mol. The van der Waals surface area contributed by atoms with E-state index in [0.717, 1.165) is 12.1 Å². The number of aromatic hydroxyl groups is 1. The predicted octanol–water partition coefficient (Wildman–Crippen LogP) is 4.82. The highest BCUT2D eigenvalue weighted by Gasteiger charge is 2.47. The zero-order valence-electron chi connectivity index (χ0n) is 16.8. The maximum absolute atomic E-state index is 13.4. The normalized spacial score (nSPS) is 17.6. The average molecular weight is 454 g/mol. The number of ketones is 1. The van der Waals surface area contributed by atoms with Gasteiger partial charge in [0.1, 0.15) is 23.1 Å². The number of carbonyl (C=O) groups excluding carboxylic acids is 2. The van der Waals surface area contributed by atoms with Crippen LogP contribution in [0.1, 0.15) is 17.2 Å². The number of phenolic OH excluding ortho intramolecular Hbond substituents is 1. The molecule has 1 unspecified atom stereocenters. The van der Waals surface area contributed by atoms with Crippen molar-refractivity contribution in [2.45, 2.75) is 6.04 Å². The first kappa shape index (κ1) is 21.4. The monoisotopic (exact) mass is 453 g/mol. The lowest BCUT2D eigenvalue weighted by molar-refractivity contribution is -0.132. The summed E-state index contributed by atoms with van der Waals surface area (Å²) in [5, 5.41) is 20.9. The van der Waals surface area contributed by atoms with Gasteiger partial charge in [-0.25, -0.2) is 4.39 Å². The highest BCUT2D eigenvalue weighted by atomic mass is 35.5. The molecule has 2 N–H and O–H groups in total. The van der Waals surface area contributed by atoms with E-state index in [1.165, 1.54) is 42.3 Å². The standard InChI is InChI=1S/C24H17ClFNO5/c1-32-19-11-8-16(12-18(19)25)27-21(13-4-9-17(28)10-5-13)20(23(30)24(27)31)22(29)14-2-6-15(26)7-3-14/h2-12,21,28-29H,1H3/b22-20+. The van der Waals surface area contributed by atoms with Gasteiger partial charge in [0.2, 0.25) is 0 Å². The molecule has 0 saturated carbocycles. The van der Waals surface area contributed by atoms with Crippen LogP contribution in [0.15, 0.2) is 72.3 Å². The fourth-order valence-electron chi connectivity index (χ4n) is 3.64. The third-order valence-electron chi connectivity index (χ3n) is 5.18. The van der Waals surface area contributed by atoms with Gasteiger partial charge in [-0.2, -0.15) is 0 Å². The zero-order valence-corrected chi connectivity index (χ0v) is 17.5. The topological polar surface area (TPSA) is 87.1 Å². The summed E-state index contributed by atoms with van der Waals surface area (Å²) < 4.78 is 18.5. The Morgan fingerprint density at radius 2 is 1.69 bits per heavy atom. The number of rotatable bonds is 4. The Bertz CT molecular complexity index is 1240. The van der Waals surface area contributed by atoms with Crippen LogP contribution in [-0.2, 0) is 9.59 Å². The van der Waals surface area contributed by atoms with Gasteiger partial charge in [0.25, 0.3) is 11.7 Å². The Morgan fingerprint density at radius 1 is 1.03 bits per heavy atom. The van der Waals surface area contributed by atoms with Gasteiger partial charge in [-0.05, 0) is 60.2 Å². The molecule has 1 amide bonds. The van der Waals surface area contributed by atoms with Crippen molar-refractivity contribution in [3.8, 4) is 11.5 Å². The van der Waals surface area contributed by atoms with E-state index in [2.05, 4.69) is 0 Å². The second-order valence-electron chi connectivity index (χ2n) is 7.09. The number of anilines is 1. The number of carbonyl (C=O) groups is 2. The maximum Gasteiger partial charge on any atom is 0.300 e. The van der Waals surface area contributed by atoms with Crippen LogP contribution >= 0.6 is 11.6 Å². The molecule has 0 bridgehead atoms. The number of hydrogen-bond acceptors (Lipinski definition) is 5. The molecular formula is C24H17ClFNO5. The number of amides is 1. The lowest BCUT2D eigenvalue weighted by atomic mass is 9.95. The SMILES string of the molecule is COc1ccc(N2C(=O)C(=O)/C(=C(/O)c3ccc(F)cc3)C2c2ccc(O)cc2)cc1Cl. The second kappa shape index (κ2) is 8.36. The summed E-state index contributed by atoms with van der Waals surface area (Å²) in [5.74, 6) is -2.34. The van der Waals surface area contributed by atoms with E-state index in [1.54, 1.807) is 24.3 Å². The third kappa shape index (κ3) is 3.67. The lowest BCUT2D eigenvalue weighted by Crippen LogP contribution is -2.29. The molecule has 1 atom stereocenters. The lowest BCUT2D eigenvalue weighted by Gasteiger charge is -2.26. The van der Waals surface area contributed by atoms with Crippen LogP contribution in [0.3, 0.4) is 0 Å². The molecule has 162 valence electrons. The molecule has 1 aliphatic rings. The summed E-state index contributed by atoms with van der Waals surface area (Å²) in [7, 11) is 1.45. The zero-order chi connectivity index (χ0) is 23.0.